The van der Waals surface area contributed by atoms with E-state index in [1.54, 1.807) is 0 Å². The van der Waals surface area contributed by atoms with Gasteiger partial charge in [-0.3, -0.25) is 14.5 Å². The Morgan fingerprint density at radius 3 is 2.47 bits per heavy atom. The maximum Gasteiger partial charge on any atom is 0.331 e. The summed E-state index contributed by atoms with van der Waals surface area (Å²) in [5.41, 5.74) is 0.149. The van der Waals surface area contributed by atoms with Crippen molar-refractivity contribution >= 4 is 17.8 Å². The fraction of sp³-hybridized carbons (Fsp3) is 0.500. The van der Waals surface area contributed by atoms with Gasteiger partial charge in [0.05, 0.1) is 11.8 Å². The first-order valence-electron chi connectivity index (χ1n) is 4.77. The van der Waals surface area contributed by atoms with Gasteiger partial charge in [0.25, 0.3) is 0 Å². The highest BCUT2D eigenvalue weighted by molar-refractivity contribution is 6.09. The van der Waals surface area contributed by atoms with Crippen LogP contribution in [0.3, 0.4) is 0 Å². The molecule has 15 heavy (non-hydrogen) atoms. The second-order valence-corrected chi connectivity index (χ2v) is 3.93. The number of fused-ring (bicyclic) bond motifs is 1. The number of carbonyl (C=O) groups is 3. The van der Waals surface area contributed by atoms with Gasteiger partial charge in [0, 0.05) is 12.1 Å². The highest BCUT2D eigenvalue weighted by Gasteiger charge is 2.58. The van der Waals surface area contributed by atoms with Gasteiger partial charge >= 0.3 is 5.97 Å². The number of amides is 2. The molecule has 0 aromatic carbocycles. The van der Waals surface area contributed by atoms with Gasteiger partial charge in [-0.1, -0.05) is 6.08 Å². The second kappa shape index (κ2) is 3.18. The van der Waals surface area contributed by atoms with Crippen molar-refractivity contribution in [2.24, 2.45) is 11.8 Å². The van der Waals surface area contributed by atoms with Gasteiger partial charge in [-0.15, -0.1) is 0 Å². The first kappa shape index (κ1) is 9.89. The Kier molecular flexibility index (Phi) is 2.10. The van der Waals surface area contributed by atoms with Crippen LogP contribution in [-0.2, 0) is 14.4 Å². The summed E-state index contributed by atoms with van der Waals surface area (Å²) < 4.78 is 0. The van der Waals surface area contributed by atoms with Crippen molar-refractivity contribution < 1.29 is 19.5 Å². The first-order chi connectivity index (χ1) is 7.02. The van der Waals surface area contributed by atoms with Crippen LogP contribution in [0.25, 0.3) is 0 Å². The molecule has 0 aromatic heterocycles. The fourth-order valence-corrected chi connectivity index (χ4v) is 1.75. The minimum Gasteiger partial charge on any atom is -0.478 e. The molecule has 2 unspecified atom stereocenters. The van der Waals surface area contributed by atoms with Crippen molar-refractivity contribution in [1.82, 2.24) is 4.90 Å². The van der Waals surface area contributed by atoms with E-state index in [1.165, 1.54) is 13.0 Å². The number of carbonyl (C=O) groups excluding carboxylic acids is 2. The summed E-state index contributed by atoms with van der Waals surface area (Å²) in [4.78, 5) is 34.6. The molecule has 5 nitrogen and oxygen atoms in total. The SMILES string of the molecule is C/C(=C\CN1C(=O)C2CC2C1=O)C(=O)O. The lowest BCUT2D eigenvalue weighted by molar-refractivity contribution is -0.141. The Bertz CT molecular complexity index is 365. The third kappa shape index (κ3) is 1.54. The zero-order chi connectivity index (χ0) is 11.2. The summed E-state index contributed by atoms with van der Waals surface area (Å²) >= 11 is 0. The zero-order valence-corrected chi connectivity index (χ0v) is 8.27. The highest BCUT2D eigenvalue weighted by atomic mass is 16.4. The van der Waals surface area contributed by atoms with E-state index in [4.69, 9.17) is 5.11 Å². The number of hydrogen-bond donors (Lipinski definition) is 1. The second-order valence-electron chi connectivity index (χ2n) is 3.93. The number of likely N-dealkylation sites (tertiary alicyclic amines) is 1. The van der Waals surface area contributed by atoms with E-state index in [0.29, 0.717) is 6.42 Å². The van der Waals surface area contributed by atoms with E-state index >= 15 is 0 Å². The van der Waals surface area contributed by atoms with Gasteiger partial charge in [-0.05, 0) is 13.3 Å². The van der Waals surface area contributed by atoms with Crippen molar-refractivity contribution in [1.29, 1.82) is 0 Å². The smallest absolute Gasteiger partial charge is 0.331 e. The number of hydrogen-bond acceptors (Lipinski definition) is 3. The summed E-state index contributed by atoms with van der Waals surface area (Å²) in [5.74, 6) is -1.56. The molecule has 0 bridgehead atoms. The summed E-state index contributed by atoms with van der Waals surface area (Å²) in [6, 6.07) is 0. The minimum absolute atomic E-state index is 0.0861. The van der Waals surface area contributed by atoms with Crippen molar-refractivity contribution in [3.63, 3.8) is 0 Å². The monoisotopic (exact) mass is 209 g/mol. The average molecular weight is 209 g/mol. The molecular weight excluding hydrogens is 198 g/mol. The van der Waals surface area contributed by atoms with E-state index in [9.17, 15) is 14.4 Å². The van der Waals surface area contributed by atoms with Gasteiger partial charge in [-0.25, -0.2) is 4.79 Å². The number of imide groups is 1. The van der Waals surface area contributed by atoms with Crippen LogP contribution in [0, 0.1) is 11.8 Å². The third-order valence-corrected chi connectivity index (χ3v) is 2.87. The van der Waals surface area contributed by atoms with Crippen molar-refractivity contribution in [3.05, 3.63) is 11.6 Å². The summed E-state index contributed by atoms with van der Waals surface area (Å²) in [7, 11) is 0. The Hall–Kier alpha value is -1.65. The molecule has 2 fully saturated rings. The predicted molar refractivity (Wildman–Crippen MR) is 49.7 cm³/mol. The van der Waals surface area contributed by atoms with Crippen LogP contribution >= 0.6 is 0 Å². The Morgan fingerprint density at radius 1 is 1.47 bits per heavy atom. The van der Waals surface area contributed by atoms with Gasteiger partial charge in [0.2, 0.25) is 11.8 Å². The number of piperidine rings is 1. The normalized spacial score (nSPS) is 29.4. The molecular formula is C10H11NO4. The van der Waals surface area contributed by atoms with Crippen LogP contribution in [-0.4, -0.2) is 34.3 Å². The number of aliphatic carboxylic acids is 1. The summed E-state index contributed by atoms with van der Waals surface area (Å²) in [5, 5.41) is 8.59. The molecule has 1 saturated heterocycles. The number of carboxylic acids is 1. The van der Waals surface area contributed by atoms with Crippen LogP contribution in [0.15, 0.2) is 11.6 Å². The van der Waals surface area contributed by atoms with Crippen molar-refractivity contribution in [2.75, 3.05) is 6.54 Å². The molecule has 0 aromatic rings. The molecule has 2 aliphatic rings. The average Bonchev–Trinajstić information content (AvgIpc) is 2.91. The lowest BCUT2D eigenvalue weighted by atomic mass is 10.3. The van der Waals surface area contributed by atoms with Gasteiger partial charge in [-0.2, -0.15) is 0 Å². The van der Waals surface area contributed by atoms with E-state index in [-0.39, 0.29) is 35.8 Å². The molecule has 80 valence electrons. The van der Waals surface area contributed by atoms with Crippen LogP contribution < -0.4 is 0 Å². The molecule has 2 amide bonds. The molecule has 1 aliphatic heterocycles. The van der Waals surface area contributed by atoms with Crippen molar-refractivity contribution in [3.8, 4) is 0 Å². The number of rotatable bonds is 3. The molecule has 0 spiro atoms. The quantitative estimate of drug-likeness (QED) is 0.525. The first-order valence-corrected chi connectivity index (χ1v) is 4.77. The standard InChI is InChI=1S/C10H11NO4/c1-5(10(14)15)2-3-11-8(12)6-4-7(6)9(11)13/h2,6-7H,3-4H2,1H3,(H,14,15)/b5-2+. The van der Waals surface area contributed by atoms with Crippen LogP contribution in [0.1, 0.15) is 13.3 Å². The highest BCUT2D eigenvalue weighted by Crippen LogP contribution is 2.46. The van der Waals surface area contributed by atoms with Crippen LogP contribution in [0.5, 0.6) is 0 Å². The lowest BCUT2D eigenvalue weighted by Crippen LogP contribution is -2.33. The van der Waals surface area contributed by atoms with Crippen molar-refractivity contribution in [2.45, 2.75) is 13.3 Å². The predicted octanol–water partition coefficient (Wildman–Crippen LogP) is 0.0222. The van der Waals surface area contributed by atoms with E-state index in [2.05, 4.69) is 0 Å². The summed E-state index contributed by atoms with van der Waals surface area (Å²) in [6.45, 7) is 1.52. The largest absolute Gasteiger partial charge is 0.478 e. The molecule has 5 heteroatoms. The Balaban J connectivity index is 2.02. The van der Waals surface area contributed by atoms with Gasteiger partial charge < -0.3 is 5.11 Å². The van der Waals surface area contributed by atoms with E-state index in [0.717, 1.165) is 4.90 Å². The molecule has 2 rings (SSSR count). The van der Waals surface area contributed by atoms with E-state index in [1.807, 2.05) is 0 Å². The Morgan fingerprint density at radius 2 is 2.00 bits per heavy atom. The van der Waals surface area contributed by atoms with Crippen LogP contribution in [0.4, 0.5) is 0 Å². The Labute approximate surface area is 86.4 Å². The van der Waals surface area contributed by atoms with Gasteiger partial charge in [0.15, 0.2) is 0 Å². The maximum atomic E-state index is 11.5. The topological polar surface area (TPSA) is 74.7 Å². The molecule has 1 N–H and O–H groups in total. The summed E-state index contributed by atoms with van der Waals surface area (Å²) in [6.07, 6.45) is 2.07. The maximum absolute atomic E-state index is 11.5. The molecule has 0 radical (unpaired) electrons. The number of carboxylic acid groups (broad SMARTS) is 1. The lowest BCUT2D eigenvalue weighted by Gasteiger charge is -2.13. The van der Waals surface area contributed by atoms with Crippen LogP contribution in [0.2, 0.25) is 0 Å². The third-order valence-electron chi connectivity index (χ3n) is 2.87. The van der Waals surface area contributed by atoms with E-state index < -0.39 is 5.97 Å². The molecule has 1 heterocycles. The minimum atomic E-state index is -1.03. The number of nitrogens with zero attached hydrogens (tertiary/aromatic N) is 1. The van der Waals surface area contributed by atoms with Gasteiger partial charge in [0.1, 0.15) is 0 Å². The molecule has 1 aliphatic carbocycles. The molecule has 1 saturated carbocycles. The molecule has 2 atom stereocenters. The zero-order valence-electron chi connectivity index (χ0n) is 8.27. The fourth-order valence-electron chi connectivity index (χ4n) is 1.75.